The van der Waals surface area contributed by atoms with E-state index in [1.54, 1.807) is 7.11 Å². The van der Waals surface area contributed by atoms with Gasteiger partial charge in [0.2, 0.25) is 11.8 Å². The van der Waals surface area contributed by atoms with Gasteiger partial charge in [-0.15, -0.1) is 0 Å². The third kappa shape index (κ3) is 4.92. The number of hydrogen-bond acceptors (Lipinski definition) is 5. The number of morpholine rings is 1. The Labute approximate surface area is 150 Å². The molecule has 0 spiro atoms. The molecule has 0 saturated carbocycles. The third-order valence-corrected chi connectivity index (χ3v) is 5.86. The number of hydrogen-bond donors (Lipinski definition) is 0. The molecule has 0 aromatic rings. The molecule has 0 aromatic carbocycles. The van der Waals surface area contributed by atoms with Crippen LogP contribution in [0, 0.1) is 11.8 Å². The van der Waals surface area contributed by atoms with Crippen LogP contribution in [-0.4, -0.2) is 99.3 Å². The number of methoxy groups -OCH3 is 1. The van der Waals surface area contributed by atoms with Crippen LogP contribution in [0.25, 0.3) is 0 Å². The highest BCUT2D eigenvalue weighted by Crippen LogP contribution is 2.32. The zero-order valence-corrected chi connectivity index (χ0v) is 15.3. The van der Waals surface area contributed by atoms with Gasteiger partial charge in [-0.1, -0.05) is 0 Å². The second-order valence-corrected chi connectivity index (χ2v) is 7.41. The second kappa shape index (κ2) is 8.96. The number of rotatable bonds is 5. The van der Waals surface area contributed by atoms with E-state index in [1.165, 1.54) is 0 Å². The van der Waals surface area contributed by atoms with Gasteiger partial charge < -0.3 is 19.3 Å². The topological polar surface area (TPSA) is 62.3 Å². The zero-order chi connectivity index (χ0) is 17.6. The van der Waals surface area contributed by atoms with Crippen molar-refractivity contribution in [2.75, 3.05) is 72.7 Å². The number of likely N-dealkylation sites (tertiary alicyclic amines) is 2. The van der Waals surface area contributed by atoms with E-state index in [0.717, 1.165) is 71.9 Å². The van der Waals surface area contributed by atoms with Crippen LogP contribution < -0.4 is 0 Å². The van der Waals surface area contributed by atoms with Crippen molar-refractivity contribution in [3.05, 3.63) is 0 Å². The van der Waals surface area contributed by atoms with Crippen molar-refractivity contribution < 1.29 is 19.1 Å². The Balaban J connectivity index is 1.50. The van der Waals surface area contributed by atoms with E-state index < -0.39 is 0 Å². The standard InChI is InChI=1S/C18H31N3O4/c1-24-14-18(23)21-5-2-15-12-17(22)20(4-3-16(15)13-21)7-6-19-8-10-25-11-9-19/h15-16H,2-14H2,1H3/t15-,16-/m0/s1. The van der Waals surface area contributed by atoms with E-state index in [2.05, 4.69) is 4.90 Å². The van der Waals surface area contributed by atoms with Gasteiger partial charge in [0, 0.05) is 59.3 Å². The van der Waals surface area contributed by atoms with Crippen LogP contribution in [0.2, 0.25) is 0 Å². The summed E-state index contributed by atoms with van der Waals surface area (Å²) in [5, 5.41) is 0. The number of nitrogens with zero attached hydrogens (tertiary/aromatic N) is 3. The van der Waals surface area contributed by atoms with Gasteiger partial charge in [-0.25, -0.2) is 0 Å². The molecule has 3 saturated heterocycles. The Hall–Kier alpha value is -1.18. The lowest BCUT2D eigenvalue weighted by molar-refractivity contribution is -0.138. The average Bonchev–Trinajstić information content (AvgIpc) is 2.79. The van der Waals surface area contributed by atoms with E-state index in [9.17, 15) is 9.59 Å². The first-order valence-corrected chi connectivity index (χ1v) is 9.52. The molecule has 3 fully saturated rings. The highest BCUT2D eigenvalue weighted by molar-refractivity contribution is 5.78. The van der Waals surface area contributed by atoms with Crippen molar-refractivity contribution in [1.29, 1.82) is 0 Å². The predicted octanol–water partition coefficient (Wildman–Crippen LogP) is 0.0521. The SMILES string of the molecule is COCC(=O)N1CC[C@H]2CC(=O)N(CCN3CCOCC3)CC[C@H]2C1. The van der Waals surface area contributed by atoms with Crippen molar-refractivity contribution in [3.8, 4) is 0 Å². The van der Waals surface area contributed by atoms with Gasteiger partial charge >= 0.3 is 0 Å². The normalized spacial score (nSPS) is 28.6. The Morgan fingerprint density at radius 1 is 1.12 bits per heavy atom. The van der Waals surface area contributed by atoms with E-state index in [4.69, 9.17) is 9.47 Å². The Kier molecular flexibility index (Phi) is 6.67. The minimum Gasteiger partial charge on any atom is -0.379 e. The highest BCUT2D eigenvalue weighted by atomic mass is 16.5. The molecule has 3 aliphatic heterocycles. The maximum Gasteiger partial charge on any atom is 0.248 e. The van der Waals surface area contributed by atoms with Gasteiger partial charge in [0.15, 0.2) is 0 Å². The third-order valence-electron chi connectivity index (χ3n) is 5.86. The van der Waals surface area contributed by atoms with Crippen molar-refractivity contribution >= 4 is 11.8 Å². The first-order chi connectivity index (χ1) is 12.2. The molecule has 3 aliphatic rings. The Morgan fingerprint density at radius 2 is 1.88 bits per heavy atom. The van der Waals surface area contributed by atoms with Crippen LogP contribution in [0.1, 0.15) is 19.3 Å². The minimum atomic E-state index is 0.0701. The maximum atomic E-state index is 12.6. The van der Waals surface area contributed by atoms with Gasteiger partial charge in [0.05, 0.1) is 13.2 Å². The summed E-state index contributed by atoms with van der Waals surface area (Å²) in [4.78, 5) is 31.0. The molecule has 3 rings (SSSR count). The summed E-state index contributed by atoms with van der Waals surface area (Å²) in [5.41, 5.74) is 0. The summed E-state index contributed by atoms with van der Waals surface area (Å²) in [5.74, 6) is 1.22. The van der Waals surface area contributed by atoms with Gasteiger partial charge in [-0.3, -0.25) is 14.5 Å². The smallest absolute Gasteiger partial charge is 0.248 e. The number of amides is 2. The second-order valence-electron chi connectivity index (χ2n) is 7.41. The van der Waals surface area contributed by atoms with Crippen LogP contribution in [-0.2, 0) is 19.1 Å². The van der Waals surface area contributed by atoms with Crippen molar-refractivity contribution in [2.24, 2.45) is 11.8 Å². The summed E-state index contributed by atoms with van der Waals surface area (Å²) in [6.07, 6.45) is 2.57. The number of carbonyl (C=O) groups is 2. The molecule has 0 radical (unpaired) electrons. The van der Waals surface area contributed by atoms with Crippen molar-refractivity contribution in [2.45, 2.75) is 19.3 Å². The molecular formula is C18H31N3O4. The minimum absolute atomic E-state index is 0.0701. The van der Waals surface area contributed by atoms with Gasteiger partial charge in [-0.05, 0) is 24.7 Å². The summed E-state index contributed by atoms with van der Waals surface area (Å²) in [7, 11) is 1.56. The van der Waals surface area contributed by atoms with Crippen LogP contribution in [0.3, 0.4) is 0 Å². The molecule has 25 heavy (non-hydrogen) atoms. The summed E-state index contributed by atoms with van der Waals surface area (Å²) in [6, 6.07) is 0. The lowest BCUT2D eigenvalue weighted by Crippen LogP contribution is -2.45. The quantitative estimate of drug-likeness (QED) is 0.699. The number of ether oxygens (including phenoxy) is 2. The maximum absolute atomic E-state index is 12.6. The number of fused-ring (bicyclic) bond motifs is 1. The fraction of sp³-hybridized carbons (Fsp3) is 0.889. The molecule has 2 atom stereocenters. The first kappa shape index (κ1) is 18.6. The monoisotopic (exact) mass is 353 g/mol. The molecule has 7 heteroatoms. The summed E-state index contributed by atoms with van der Waals surface area (Å²) >= 11 is 0. The van der Waals surface area contributed by atoms with E-state index in [-0.39, 0.29) is 18.4 Å². The zero-order valence-electron chi connectivity index (χ0n) is 15.3. The van der Waals surface area contributed by atoms with Gasteiger partial charge in [-0.2, -0.15) is 0 Å². The lowest BCUT2D eigenvalue weighted by atomic mass is 9.82. The molecule has 0 aliphatic carbocycles. The largest absolute Gasteiger partial charge is 0.379 e. The van der Waals surface area contributed by atoms with Crippen LogP contribution in [0.4, 0.5) is 0 Å². The first-order valence-electron chi connectivity index (χ1n) is 9.52. The van der Waals surface area contributed by atoms with Crippen LogP contribution in [0.5, 0.6) is 0 Å². The average molecular weight is 353 g/mol. The number of piperidine rings is 1. The van der Waals surface area contributed by atoms with E-state index >= 15 is 0 Å². The predicted molar refractivity (Wildman–Crippen MR) is 93.1 cm³/mol. The molecule has 3 heterocycles. The molecule has 2 amide bonds. The molecule has 142 valence electrons. The molecular weight excluding hydrogens is 322 g/mol. The fourth-order valence-corrected chi connectivity index (χ4v) is 4.24. The molecule has 7 nitrogen and oxygen atoms in total. The summed E-state index contributed by atoms with van der Waals surface area (Å²) < 4.78 is 10.4. The van der Waals surface area contributed by atoms with Crippen LogP contribution in [0.15, 0.2) is 0 Å². The molecule has 0 bridgehead atoms. The van der Waals surface area contributed by atoms with Crippen LogP contribution >= 0.6 is 0 Å². The Bertz CT molecular complexity index is 467. The van der Waals surface area contributed by atoms with Crippen molar-refractivity contribution in [1.82, 2.24) is 14.7 Å². The van der Waals surface area contributed by atoms with E-state index in [0.29, 0.717) is 18.3 Å². The highest BCUT2D eigenvalue weighted by Gasteiger charge is 2.36. The molecule has 0 aromatic heterocycles. The number of carbonyl (C=O) groups excluding carboxylic acids is 2. The molecule has 0 unspecified atom stereocenters. The van der Waals surface area contributed by atoms with E-state index in [1.807, 2.05) is 9.80 Å². The van der Waals surface area contributed by atoms with Gasteiger partial charge in [0.25, 0.3) is 0 Å². The fourth-order valence-electron chi connectivity index (χ4n) is 4.24. The molecule has 0 N–H and O–H groups in total. The van der Waals surface area contributed by atoms with Gasteiger partial charge in [0.1, 0.15) is 6.61 Å². The Morgan fingerprint density at radius 3 is 2.64 bits per heavy atom. The van der Waals surface area contributed by atoms with Crippen molar-refractivity contribution in [3.63, 3.8) is 0 Å². The summed E-state index contributed by atoms with van der Waals surface area (Å²) in [6.45, 7) is 7.76. The lowest BCUT2D eigenvalue weighted by Gasteiger charge is -2.37.